The molecule has 8 heteroatoms. The predicted octanol–water partition coefficient (Wildman–Crippen LogP) is 3.10. The lowest BCUT2D eigenvalue weighted by Gasteiger charge is -2.35. The fourth-order valence-corrected chi connectivity index (χ4v) is 4.56. The lowest BCUT2D eigenvalue weighted by molar-refractivity contribution is -0.133. The Hall–Kier alpha value is -3.52. The number of hydrogen-bond donors (Lipinski definition) is 4. The zero-order valence-corrected chi connectivity index (χ0v) is 17.6. The maximum Gasteiger partial charge on any atom is 0.245 e. The van der Waals surface area contributed by atoms with Crippen LogP contribution in [0.2, 0.25) is 0 Å². The van der Waals surface area contributed by atoms with E-state index in [1.807, 2.05) is 6.07 Å². The van der Waals surface area contributed by atoms with Crippen LogP contribution in [-0.4, -0.2) is 40.6 Å². The van der Waals surface area contributed by atoms with Gasteiger partial charge >= 0.3 is 0 Å². The van der Waals surface area contributed by atoms with E-state index in [4.69, 9.17) is 0 Å². The number of β-amino-alcohol motifs (C(OH)–C–C–N with tert-alkyl or cyclic N) is 1. The first-order chi connectivity index (χ1) is 15.9. The monoisotopic (exact) mass is 451 g/mol. The molecule has 33 heavy (non-hydrogen) atoms. The van der Waals surface area contributed by atoms with Crippen molar-refractivity contribution in [2.24, 2.45) is 5.92 Å². The molecule has 170 valence electrons. The van der Waals surface area contributed by atoms with Gasteiger partial charge in [0.15, 0.2) is 0 Å². The summed E-state index contributed by atoms with van der Waals surface area (Å²) in [5.41, 5.74) is 4.29. The highest BCUT2D eigenvalue weighted by Gasteiger charge is 2.41. The van der Waals surface area contributed by atoms with Gasteiger partial charge in [0.25, 0.3) is 0 Å². The first kappa shape index (κ1) is 21.3. The van der Waals surface area contributed by atoms with Crippen molar-refractivity contribution in [2.45, 2.75) is 30.9 Å². The highest BCUT2D eigenvalue weighted by atomic mass is 19.1. The van der Waals surface area contributed by atoms with Crippen molar-refractivity contribution in [1.82, 2.24) is 15.6 Å². The largest absolute Gasteiger partial charge is 0.389 e. The van der Waals surface area contributed by atoms with Gasteiger partial charge < -0.3 is 20.7 Å². The van der Waals surface area contributed by atoms with Gasteiger partial charge in [-0.1, -0.05) is 0 Å². The number of aliphatic hydroxyl groups excluding tert-OH is 1. The summed E-state index contributed by atoms with van der Waals surface area (Å²) in [5, 5.41) is 15.1. The molecule has 1 saturated carbocycles. The van der Waals surface area contributed by atoms with Crippen LogP contribution in [0.5, 0.6) is 0 Å². The van der Waals surface area contributed by atoms with Crippen molar-refractivity contribution in [3.63, 3.8) is 0 Å². The number of carbonyl (C=O) groups is 2. The number of aromatic nitrogens is 1. The van der Waals surface area contributed by atoms with E-state index in [1.54, 1.807) is 24.3 Å². The molecule has 1 saturated heterocycles. The van der Waals surface area contributed by atoms with E-state index in [9.17, 15) is 23.5 Å². The second-order valence-electron chi connectivity index (χ2n) is 8.69. The van der Waals surface area contributed by atoms with Gasteiger partial charge in [0.2, 0.25) is 11.8 Å². The zero-order chi connectivity index (χ0) is 23.1. The number of carbonyl (C=O) groups excluding carboxylic acids is 2. The Kier molecular flexibility index (Phi) is 5.46. The van der Waals surface area contributed by atoms with Gasteiger partial charge in [-0.15, -0.1) is 0 Å². The Balaban J connectivity index is 1.37. The number of rotatable bonds is 5. The third-order valence-electron chi connectivity index (χ3n) is 6.54. The van der Waals surface area contributed by atoms with Gasteiger partial charge in [0, 0.05) is 23.9 Å². The predicted molar refractivity (Wildman–Crippen MR) is 118 cm³/mol. The number of halogens is 2. The molecule has 0 spiro atoms. The molecule has 0 bridgehead atoms. The van der Waals surface area contributed by atoms with Gasteiger partial charge in [0.05, 0.1) is 0 Å². The Morgan fingerprint density at radius 1 is 0.970 bits per heavy atom. The number of H-pyrrole nitrogens is 1. The quantitative estimate of drug-likeness (QED) is 0.480. The molecule has 2 heterocycles. The molecule has 2 fully saturated rings. The molecule has 6 nitrogen and oxygen atoms in total. The van der Waals surface area contributed by atoms with Gasteiger partial charge in [-0.3, -0.25) is 9.59 Å². The number of nitrogens with one attached hydrogen (secondary N) is 3. The molecule has 0 radical (unpaired) electrons. The molecule has 4 N–H and O–H groups in total. The van der Waals surface area contributed by atoms with Gasteiger partial charge in [0.1, 0.15) is 23.8 Å². The van der Waals surface area contributed by atoms with Crippen molar-refractivity contribution in [3.05, 3.63) is 71.8 Å². The van der Waals surface area contributed by atoms with Crippen molar-refractivity contribution in [3.8, 4) is 22.5 Å². The zero-order valence-electron chi connectivity index (χ0n) is 17.6. The molecule has 1 aliphatic heterocycles. The topological polar surface area (TPSA) is 94.2 Å². The maximum absolute atomic E-state index is 13.5. The Labute approximate surface area is 189 Å². The molecule has 2 amide bonds. The lowest BCUT2D eigenvalue weighted by Crippen LogP contribution is -2.49. The highest BCUT2D eigenvalue weighted by molar-refractivity contribution is 5.91. The molecule has 5 rings (SSSR count). The number of aliphatic hydroxyl groups is 1. The molecule has 1 aromatic heterocycles. The highest BCUT2D eigenvalue weighted by Crippen LogP contribution is 2.46. The summed E-state index contributed by atoms with van der Waals surface area (Å²) in [5.74, 6) is -1.44. The Morgan fingerprint density at radius 3 is 2.15 bits per heavy atom. The minimum atomic E-state index is -0.926. The molecule has 1 unspecified atom stereocenters. The van der Waals surface area contributed by atoms with Crippen LogP contribution in [0.25, 0.3) is 22.5 Å². The number of benzene rings is 2. The van der Waals surface area contributed by atoms with Crippen LogP contribution in [0.1, 0.15) is 24.3 Å². The van der Waals surface area contributed by atoms with Crippen LogP contribution >= 0.6 is 0 Å². The number of hydrogen-bond acceptors (Lipinski definition) is 3. The van der Waals surface area contributed by atoms with Gasteiger partial charge in [-0.05, 0) is 90.0 Å². The van der Waals surface area contributed by atoms with E-state index < -0.39 is 12.1 Å². The van der Waals surface area contributed by atoms with Crippen LogP contribution in [-0.2, 0) is 9.59 Å². The van der Waals surface area contributed by atoms with Crippen molar-refractivity contribution < 1.29 is 23.5 Å². The third-order valence-corrected chi connectivity index (χ3v) is 6.54. The molecule has 3 aromatic rings. The molecule has 1 aliphatic carbocycles. The molecular formula is C25H23F2N3O3. The van der Waals surface area contributed by atoms with E-state index >= 15 is 0 Å². The summed E-state index contributed by atoms with van der Waals surface area (Å²) in [6, 6.07) is 13.4. The van der Waals surface area contributed by atoms with Crippen molar-refractivity contribution in [1.29, 1.82) is 0 Å². The standard InChI is InChI=1S/C25H23F2N3O3/c26-17-5-1-13(2-6-17)20-11-19(22(29-20)14-3-7-18(27)8-4-14)15-9-16(10-15)24(32)30-23-21(31)12-28-25(23)33/h1-8,11,15-16,21,23,29,31H,9-10,12H2,(H,28,33)(H,30,32)/t15?,16?,21?,23-/m0/s1. The summed E-state index contributed by atoms with van der Waals surface area (Å²) in [6.07, 6.45) is 0.251. The molecule has 2 aromatic carbocycles. The average Bonchev–Trinajstić information content (AvgIpc) is 3.33. The fourth-order valence-electron chi connectivity index (χ4n) is 4.56. The molecular weight excluding hydrogens is 428 g/mol. The minimum Gasteiger partial charge on any atom is -0.389 e. The molecule has 2 atom stereocenters. The van der Waals surface area contributed by atoms with E-state index in [0.717, 1.165) is 28.1 Å². The maximum atomic E-state index is 13.5. The second-order valence-corrected chi connectivity index (χ2v) is 8.69. The summed E-state index contributed by atoms with van der Waals surface area (Å²) < 4.78 is 26.8. The van der Waals surface area contributed by atoms with E-state index in [1.165, 1.54) is 24.3 Å². The normalized spacial score (nSPS) is 24.3. The van der Waals surface area contributed by atoms with E-state index in [0.29, 0.717) is 12.8 Å². The van der Waals surface area contributed by atoms with Gasteiger partial charge in [-0.2, -0.15) is 0 Å². The Bertz CT molecular complexity index is 1180. The Morgan fingerprint density at radius 2 is 1.58 bits per heavy atom. The lowest BCUT2D eigenvalue weighted by atomic mass is 9.70. The van der Waals surface area contributed by atoms with Crippen LogP contribution in [0.4, 0.5) is 8.78 Å². The van der Waals surface area contributed by atoms with Crippen molar-refractivity contribution >= 4 is 11.8 Å². The van der Waals surface area contributed by atoms with Crippen molar-refractivity contribution in [2.75, 3.05) is 6.54 Å². The first-order valence-corrected chi connectivity index (χ1v) is 10.9. The summed E-state index contributed by atoms with van der Waals surface area (Å²) in [4.78, 5) is 27.8. The second kappa shape index (κ2) is 8.44. The fraction of sp³-hybridized carbons (Fsp3) is 0.280. The SMILES string of the molecule is O=C(N[C@@H]1C(=O)NCC1O)C1CC(c2cc(-c3ccc(F)cc3)[nH]c2-c2ccc(F)cc2)C1. The number of amides is 2. The average molecular weight is 451 g/mol. The van der Waals surface area contributed by atoms with E-state index in [2.05, 4.69) is 15.6 Å². The van der Waals surface area contributed by atoms with Crippen LogP contribution in [0.15, 0.2) is 54.6 Å². The third kappa shape index (κ3) is 4.14. The summed E-state index contributed by atoms with van der Waals surface area (Å²) >= 11 is 0. The minimum absolute atomic E-state index is 0.0913. The molecule has 2 aliphatic rings. The summed E-state index contributed by atoms with van der Waals surface area (Å²) in [6.45, 7) is 0.133. The first-order valence-electron chi connectivity index (χ1n) is 10.9. The van der Waals surface area contributed by atoms with Gasteiger partial charge in [-0.25, -0.2) is 8.78 Å². The summed E-state index contributed by atoms with van der Waals surface area (Å²) in [7, 11) is 0. The smallest absolute Gasteiger partial charge is 0.245 e. The van der Waals surface area contributed by atoms with Crippen LogP contribution < -0.4 is 10.6 Å². The number of aromatic amines is 1. The van der Waals surface area contributed by atoms with Crippen LogP contribution in [0, 0.1) is 17.6 Å². The van der Waals surface area contributed by atoms with Crippen LogP contribution in [0.3, 0.4) is 0 Å². The van der Waals surface area contributed by atoms with E-state index in [-0.39, 0.29) is 41.8 Å².